The quantitative estimate of drug-likeness (QED) is 0.851. The van der Waals surface area contributed by atoms with Gasteiger partial charge in [-0.15, -0.1) is 0 Å². The maximum absolute atomic E-state index is 12.9. The second-order valence-corrected chi connectivity index (χ2v) is 7.77. The van der Waals surface area contributed by atoms with Gasteiger partial charge >= 0.3 is 0 Å². The first kappa shape index (κ1) is 18.9. The van der Waals surface area contributed by atoms with E-state index in [1.165, 1.54) is 25.7 Å². The summed E-state index contributed by atoms with van der Waals surface area (Å²) >= 11 is 0. The van der Waals surface area contributed by atoms with Gasteiger partial charge in [0, 0.05) is 18.3 Å². The molecule has 2 N–H and O–H groups in total. The summed E-state index contributed by atoms with van der Waals surface area (Å²) in [4.78, 5) is 27.1. The molecule has 26 heavy (non-hydrogen) atoms. The number of likely N-dealkylation sites (N-methyl/N-ethyl adjacent to an activating group) is 1. The number of rotatable bonds is 5. The van der Waals surface area contributed by atoms with Crippen molar-refractivity contribution < 1.29 is 9.59 Å². The van der Waals surface area contributed by atoms with Crippen LogP contribution in [0, 0.1) is 19.8 Å². The first-order valence-electron chi connectivity index (χ1n) is 9.90. The summed E-state index contributed by atoms with van der Waals surface area (Å²) in [6.07, 6.45) is 5.84. The molecule has 1 heterocycles. The van der Waals surface area contributed by atoms with Crippen molar-refractivity contribution in [2.45, 2.75) is 65.0 Å². The third-order valence-electron chi connectivity index (χ3n) is 5.93. The molecule has 1 aliphatic heterocycles. The maximum atomic E-state index is 12.9. The number of aryl methyl sites for hydroxylation is 2. The fourth-order valence-electron chi connectivity index (χ4n) is 4.44. The lowest BCUT2D eigenvalue weighted by Gasteiger charge is -2.25. The highest BCUT2D eigenvalue weighted by atomic mass is 16.2. The number of nitrogens with one attached hydrogen (secondary N) is 2. The third-order valence-corrected chi connectivity index (χ3v) is 5.93. The lowest BCUT2D eigenvalue weighted by molar-refractivity contribution is -0.136. The second-order valence-electron chi connectivity index (χ2n) is 7.77. The van der Waals surface area contributed by atoms with Gasteiger partial charge in [0.15, 0.2) is 0 Å². The van der Waals surface area contributed by atoms with Gasteiger partial charge in [0.25, 0.3) is 0 Å². The molecule has 1 saturated heterocycles. The highest BCUT2D eigenvalue weighted by Crippen LogP contribution is 2.33. The fraction of sp³-hybridized carbons (Fsp3) is 0.619. The van der Waals surface area contributed by atoms with Crippen LogP contribution in [0.1, 0.15) is 50.2 Å². The molecule has 5 nitrogen and oxygen atoms in total. The number of benzene rings is 1. The molecule has 5 heteroatoms. The molecule has 1 aromatic rings. The van der Waals surface area contributed by atoms with Crippen molar-refractivity contribution in [2.75, 3.05) is 18.4 Å². The highest BCUT2D eigenvalue weighted by Gasteiger charge is 2.39. The van der Waals surface area contributed by atoms with Crippen LogP contribution in [0.25, 0.3) is 0 Å². The monoisotopic (exact) mass is 357 g/mol. The Kier molecular flexibility index (Phi) is 5.97. The van der Waals surface area contributed by atoms with Crippen molar-refractivity contribution in [3.8, 4) is 0 Å². The Labute approximate surface area is 156 Å². The van der Waals surface area contributed by atoms with Crippen LogP contribution in [-0.2, 0) is 9.59 Å². The number of fused-ring (bicyclic) bond motifs is 1. The number of anilines is 1. The van der Waals surface area contributed by atoms with Gasteiger partial charge < -0.3 is 15.5 Å². The number of amides is 2. The van der Waals surface area contributed by atoms with Crippen molar-refractivity contribution in [2.24, 2.45) is 5.92 Å². The molecular weight excluding hydrogens is 326 g/mol. The molecule has 3 atom stereocenters. The number of hydrogen-bond acceptors (Lipinski definition) is 3. The molecule has 0 aromatic heterocycles. The molecule has 2 amide bonds. The van der Waals surface area contributed by atoms with Gasteiger partial charge in [-0.05, 0) is 57.1 Å². The van der Waals surface area contributed by atoms with Crippen LogP contribution in [0.15, 0.2) is 18.2 Å². The van der Waals surface area contributed by atoms with Gasteiger partial charge in [-0.1, -0.05) is 31.0 Å². The van der Waals surface area contributed by atoms with E-state index in [2.05, 4.69) is 10.6 Å². The zero-order chi connectivity index (χ0) is 18.7. The molecule has 0 spiro atoms. The topological polar surface area (TPSA) is 61.4 Å². The van der Waals surface area contributed by atoms with Crippen LogP contribution >= 0.6 is 0 Å². The van der Waals surface area contributed by atoms with Gasteiger partial charge in [-0.3, -0.25) is 9.59 Å². The average Bonchev–Trinajstić information content (AvgIpc) is 3.06. The molecule has 1 aromatic carbocycles. The minimum atomic E-state index is -0.131. The molecule has 0 bridgehead atoms. The van der Waals surface area contributed by atoms with Crippen LogP contribution in [-0.4, -0.2) is 41.9 Å². The first-order chi connectivity index (χ1) is 12.5. The maximum Gasteiger partial charge on any atom is 0.244 e. The number of hydrogen-bond donors (Lipinski definition) is 2. The Morgan fingerprint density at radius 3 is 2.54 bits per heavy atom. The van der Waals surface area contributed by atoms with Gasteiger partial charge in [-0.25, -0.2) is 0 Å². The Morgan fingerprint density at radius 2 is 1.88 bits per heavy atom. The zero-order valence-electron chi connectivity index (χ0n) is 16.2. The van der Waals surface area contributed by atoms with Crippen molar-refractivity contribution >= 4 is 17.5 Å². The second kappa shape index (κ2) is 8.21. The minimum absolute atomic E-state index is 0.0681. The number of para-hydroxylation sites is 1. The summed E-state index contributed by atoms with van der Waals surface area (Å²) in [5.74, 6) is 0.561. The van der Waals surface area contributed by atoms with Crippen LogP contribution in [0.3, 0.4) is 0 Å². The lowest BCUT2D eigenvalue weighted by Crippen LogP contribution is -2.47. The molecule has 0 radical (unpaired) electrons. The lowest BCUT2D eigenvalue weighted by atomic mass is 9.85. The van der Waals surface area contributed by atoms with E-state index in [0.29, 0.717) is 18.5 Å². The molecule has 1 saturated carbocycles. The van der Waals surface area contributed by atoms with Gasteiger partial charge in [-0.2, -0.15) is 0 Å². The van der Waals surface area contributed by atoms with E-state index in [4.69, 9.17) is 0 Å². The Morgan fingerprint density at radius 1 is 1.19 bits per heavy atom. The summed E-state index contributed by atoms with van der Waals surface area (Å²) in [5.41, 5.74) is 2.93. The molecule has 2 fully saturated rings. The van der Waals surface area contributed by atoms with Gasteiger partial charge in [0.2, 0.25) is 11.8 Å². The molecular formula is C21H31N3O2. The normalized spacial score (nSPS) is 24.8. The minimum Gasteiger partial charge on any atom is -0.332 e. The van der Waals surface area contributed by atoms with E-state index in [1.54, 1.807) is 4.90 Å². The van der Waals surface area contributed by atoms with Crippen LogP contribution in [0.4, 0.5) is 5.69 Å². The predicted molar refractivity (Wildman–Crippen MR) is 104 cm³/mol. The zero-order valence-corrected chi connectivity index (χ0v) is 16.2. The van der Waals surface area contributed by atoms with E-state index >= 15 is 0 Å². The fourth-order valence-corrected chi connectivity index (χ4v) is 4.44. The smallest absolute Gasteiger partial charge is 0.244 e. The van der Waals surface area contributed by atoms with Crippen molar-refractivity contribution in [3.05, 3.63) is 29.3 Å². The van der Waals surface area contributed by atoms with Gasteiger partial charge in [0.1, 0.15) is 0 Å². The first-order valence-corrected chi connectivity index (χ1v) is 9.90. The van der Waals surface area contributed by atoms with Crippen molar-refractivity contribution in [3.63, 3.8) is 0 Å². The Balaban J connectivity index is 1.60. The van der Waals surface area contributed by atoms with Crippen molar-refractivity contribution in [1.29, 1.82) is 0 Å². The highest BCUT2D eigenvalue weighted by molar-refractivity contribution is 5.96. The van der Waals surface area contributed by atoms with E-state index in [9.17, 15) is 9.59 Å². The third kappa shape index (κ3) is 4.09. The summed E-state index contributed by atoms with van der Waals surface area (Å²) in [5, 5.41) is 6.51. The number of nitrogens with zero attached hydrogens (tertiary/aromatic N) is 1. The SMILES string of the molecule is CCN(CC(=O)Nc1c(C)cccc1C)C(=O)C1CC2CCCCC2N1. The standard InChI is InChI=1S/C21H31N3O2/c1-4-24(13-19(25)23-20-14(2)8-7-9-15(20)3)21(26)18-12-16-10-5-6-11-17(16)22-18/h7-9,16-18,22H,4-6,10-13H2,1-3H3,(H,23,25). The molecule has 3 rings (SSSR count). The number of carbonyl (C=O) groups is 2. The van der Waals surface area contributed by atoms with Crippen LogP contribution in [0.5, 0.6) is 0 Å². The van der Waals surface area contributed by atoms with Crippen LogP contribution in [0.2, 0.25) is 0 Å². The van der Waals surface area contributed by atoms with Crippen LogP contribution < -0.4 is 10.6 Å². The number of carbonyl (C=O) groups excluding carboxylic acids is 2. The largest absolute Gasteiger partial charge is 0.332 e. The summed E-state index contributed by atoms with van der Waals surface area (Å²) < 4.78 is 0. The molecule has 1 aliphatic carbocycles. The van der Waals surface area contributed by atoms with E-state index in [1.807, 2.05) is 39.0 Å². The molecule has 3 unspecified atom stereocenters. The molecule has 142 valence electrons. The van der Waals surface area contributed by atoms with Crippen molar-refractivity contribution in [1.82, 2.24) is 10.2 Å². The summed E-state index contributed by atoms with van der Waals surface area (Å²) in [6.45, 7) is 6.56. The van der Waals surface area contributed by atoms with Gasteiger partial charge in [0.05, 0.1) is 12.6 Å². The summed E-state index contributed by atoms with van der Waals surface area (Å²) in [7, 11) is 0. The van der Waals surface area contributed by atoms with E-state index < -0.39 is 0 Å². The Bertz CT molecular complexity index is 639. The van der Waals surface area contributed by atoms with E-state index in [-0.39, 0.29) is 24.4 Å². The van der Waals surface area contributed by atoms with E-state index in [0.717, 1.165) is 23.2 Å². The molecule has 2 aliphatic rings. The predicted octanol–water partition coefficient (Wildman–Crippen LogP) is 3.01. The summed E-state index contributed by atoms with van der Waals surface area (Å²) in [6, 6.07) is 6.30. The Hall–Kier alpha value is -1.88. The average molecular weight is 357 g/mol.